The third-order valence-electron chi connectivity index (χ3n) is 21.9. The van der Waals surface area contributed by atoms with Gasteiger partial charge in [0.1, 0.15) is 16.8 Å². The van der Waals surface area contributed by atoms with E-state index in [1.165, 1.54) is 0 Å². The van der Waals surface area contributed by atoms with Crippen LogP contribution >= 0.6 is 0 Å². The van der Waals surface area contributed by atoms with Crippen LogP contribution in [-0.2, 0) is 42.1 Å². The molecule has 3 aliphatic carbocycles. The molecule has 474 valence electrons. The van der Waals surface area contributed by atoms with Crippen LogP contribution in [0.5, 0.6) is 0 Å². The fourth-order valence-electron chi connectivity index (χ4n) is 13.6. The van der Waals surface area contributed by atoms with Gasteiger partial charge in [0.2, 0.25) is 0 Å². The lowest BCUT2D eigenvalue weighted by molar-refractivity contribution is -0.0581. The first-order valence-electron chi connectivity index (χ1n) is 32.0. The highest BCUT2D eigenvalue weighted by atomic mass is 16.7. The van der Waals surface area contributed by atoms with Crippen LogP contribution < -0.4 is 16.4 Å². The molecule has 9 fully saturated rings. The number of nitrogens with zero attached hydrogens (tertiary/aromatic N) is 3. The van der Waals surface area contributed by atoms with Crippen molar-refractivity contribution >= 4 is 56.0 Å². The molecule has 0 unspecified atom stereocenters. The lowest BCUT2D eigenvalue weighted by Crippen LogP contribution is -2.49. The number of benzene rings is 3. The molecule has 0 bridgehead atoms. The van der Waals surface area contributed by atoms with Gasteiger partial charge in [-0.15, -0.1) is 0 Å². The van der Waals surface area contributed by atoms with Crippen molar-refractivity contribution in [2.75, 3.05) is 19.6 Å². The first kappa shape index (κ1) is 65.3. The Kier molecular flexibility index (Phi) is 17.9. The number of aliphatic hydroxyl groups excluding tert-OH is 3. The van der Waals surface area contributed by atoms with Crippen LogP contribution in [0.4, 0.5) is 14.4 Å². The summed E-state index contributed by atoms with van der Waals surface area (Å²) in [5.74, 6) is 0. The van der Waals surface area contributed by atoms with E-state index in [0.29, 0.717) is 58.2 Å². The summed E-state index contributed by atoms with van der Waals surface area (Å²) in [5.41, 5.74) is 2.44. The molecule has 0 radical (unpaired) electrons. The zero-order chi connectivity index (χ0) is 63.1. The fourth-order valence-corrected chi connectivity index (χ4v) is 13.6. The molecule has 12 rings (SSSR count). The quantitative estimate of drug-likeness (QED) is 0.135. The maximum absolute atomic E-state index is 12.7. The Bertz CT molecular complexity index is 2600. The molecule has 18 nitrogen and oxygen atoms in total. The Morgan fingerprint density at radius 2 is 0.575 bits per heavy atom. The second-order valence-electron chi connectivity index (χ2n) is 29.5. The average molecular weight is 1200 g/mol. The van der Waals surface area contributed by atoms with Gasteiger partial charge >= 0.3 is 39.6 Å². The van der Waals surface area contributed by atoms with E-state index in [0.717, 1.165) is 71.6 Å². The van der Waals surface area contributed by atoms with Crippen molar-refractivity contribution in [1.29, 1.82) is 0 Å². The summed E-state index contributed by atoms with van der Waals surface area (Å²) in [6.45, 7) is 32.5. The van der Waals surface area contributed by atoms with Gasteiger partial charge in [0.25, 0.3) is 0 Å². The van der Waals surface area contributed by atoms with Gasteiger partial charge in [-0.25, -0.2) is 14.4 Å². The van der Waals surface area contributed by atoms with E-state index in [4.69, 9.17) is 42.1 Å². The second-order valence-corrected chi connectivity index (χ2v) is 29.5. The summed E-state index contributed by atoms with van der Waals surface area (Å²) in [6.07, 6.45) is 6.48. The van der Waals surface area contributed by atoms with Gasteiger partial charge in [0, 0.05) is 58.2 Å². The highest BCUT2D eigenvalue weighted by Gasteiger charge is 2.55. The highest BCUT2D eigenvalue weighted by Crippen LogP contribution is 2.45. The summed E-state index contributed by atoms with van der Waals surface area (Å²) in [6, 6.07) is 24.0. The van der Waals surface area contributed by atoms with Crippen molar-refractivity contribution in [3.05, 3.63) is 89.5 Å². The number of hydrogen-bond donors (Lipinski definition) is 3. The highest BCUT2D eigenvalue weighted by molar-refractivity contribution is 6.63. The predicted molar refractivity (Wildman–Crippen MR) is 333 cm³/mol. The van der Waals surface area contributed by atoms with Crippen molar-refractivity contribution in [3.63, 3.8) is 0 Å². The molecular formula is C66H96B3N3O15. The number of amides is 3. The molecule has 3 aromatic rings. The number of hydrogen-bond acceptors (Lipinski definition) is 15. The lowest BCUT2D eigenvalue weighted by Gasteiger charge is -2.41. The minimum absolute atomic E-state index is 0.0847. The molecule has 21 heteroatoms. The summed E-state index contributed by atoms with van der Waals surface area (Å²) in [4.78, 5) is 43.4. The SMILES string of the molecule is C[C@@H](c1ccc(B2OC(C)(C)C(C)(C)O2)cc1)N1CC[C@@]2(CC[C@@H](O)C2)OC1=O.C[C@@H](c1ccc(B2OC(C)(C)C(C)(C)O2)cc1)N1CC[C@]2(CC[C@@H](O)C2)OC1=O.C[C@@H](c1ccc(B2OC(C)(C)C(C)(C)O2)cc1)N1CC[C@]2(CC[C@H](O)C2)OC1=O. The van der Waals surface area contributed by atoms with Crippen molar-refractivity contribution in [2.45, 2.75) is 268 Å². The molecule has 3 N–H and O–H groups in total. The summed E-state index contributed by atoms with van der Waals surface area (Å²) < 4.78 is 54.1. The number of ether oxygens (including phenoxy) is 3. The van der Waals surface area contributed by atoms with E-state index >= 15 is 0 Å². The molecule has 87 heavy (non-hydrogen) atoms. The standard InChI is InChI=1S/3C22H32BNO5/c3*1-15(24-13-12-22(27-19(24)26)11-10-18(25)14-22)16-6-8-17(9-7-16)23-28-20(2,3)21(4,5)29-23/h3*6-9,15,18,25H,10-14H2,1-5H3/t15-,18+,22+;15-,18+,22-;15-,18-,22-/m000/s1. The summed E-state index contributed by atoms with van der Waals surface area (Å²) in [7, 11) is -1.17. The van der Waals surface area contributed by atoms with Crippen LogP contribution in [0, 0.1) is 0 Å². The van der Waals surface area contributed by atoms with Gasteiger partial charge < -0.3 is 72.2 Å². The zero-order valence-corrected chi connectivity index (χ0v) is 54.3. The predicted octanol–water partition coefficient (Wildman–Crippen LogP) is 9.52. The molecule has 9 aliphatic rings. The van der Waals surface area contributed by atoms with E-state index in [-0.39, 0.29) is 88.3 Å². The van der Waals surface area contributed by atoms with Gasteiger partial charge in [0.15, 0.2) is 0 Å². The van der Waals surface area contributed by atoms with Gasteiger partial charge in [-0.05, 0) is 175 Å². The van der Waals surface area contributed by atoms with E-state index in [2.05, 4.69) is 0 Å². The normalized spacial score (nSPS) is 31.9. The Morgan fingerprint density at radius 1 is 0.368 bits per heavy atom. The Balaban J connectivity index is 0.000000144. The maximum Gasteiger partial charge on any atom is 0.494 e. The topological polar surface area (TPSA) is 205 Å². The van der Waals surface area contributed by atoms with Gasteiger partial charge in [0.05, 0.1) is 70.0 Å². The minimum Gasteiger partial charge on any atom is -0.443 e. The molecule has 3 aromatic carbocycles. The second kappa shape index (κ2) is 23.8. The summed E-state index contributed by atoms with van der Waals surface area (Å²) in [5, 5.41) is 29.5. The number of carbonyl (C=O) groups excluding carboxylic acids is 3. The molecule has 9 atom stereocenters. The first-order chi connectivity index (χ1) is 40.6. The molecule has 3 amide bonds. The number of aliphatic hydroxyl groups is 3. The summed E-state index contributed by atoms with van der Waals surface area (Å²) >= 11 is 0. The van der Waals surface area contributed by atoms with E-state index in [9.17, 15) is 29.7 Å². The van der Waals surface area contributed by atoms with E-state index in [1.54, 1.807) is 14.7 Å². The Hall–Kier alpha value is -4.70. The minimum atomic E-state index is -0.465. The smallest absolute Gasteiger partial charge is 0.443 e. The van der Waals surface area contributed by atoms with Gasteiger partial charge in [-0.2, -0.15) is 0 Å². The molecule has 3 saturated carbocycles. The Labute approximate surface area is 517 Å². The molecule has 6 aliphatic heterocycles. The fraction of sp³-hybridized carbons (Fsp3) is 0.682. The molecular weight excluding hydrogens is 1110 g/mol. The van der Waals surface area contributed by atoms with Crippen LogP contribution in [0.25, 0.3) is 0 Å². The van der Waals surface area contributed by atoms with Crippen LogP contribution in [0.3, 0.4) is 0 Å². The largest absolute Gasteiger partial charge is 0.494 e. The first-order valence-corrected chi connectivity index (χ1v) is 32.0. The molecule has 0 aromatic heterocycles. The van der Waals surface area contributed by atoms with E-state index in [1.807, 2.05) is 177 Å². The third-order valence-corrected chi connectivity index (χ3v) is 21.9. The lowest BCUT2D eigenvalue weighted by atomic mass is 9.78. The van der Waals surface area contributed by atoms with Crippen LogP contribution in [-0.4, -0.2) is 158 Å². The van der Waals surface area contributed by atoms with Crippen molar-refractivity contribution < 1.29 is 71.8 Å². The molecule has 6 heterocycles. The van der Waals surface area contributed by atoms with Crippen LogP contribution in [0.2, 0.25) is 0 Å². The number of rotatable bonds is 9. The maximum atomic E-state index is 12.7. The van der Waals surface area contributed by atoms with Crippen molar-refractivity contribution in [3.8, 4) is 0 Å². The average Bonchev–Trinajstić information content (AvgIpc) is 3.01. The number of carbonyl (C=O) groups is 3. The molecule has 6 saturated heterocycles. The van der Waals surface area contributed by atoms with Gasteiger partial charge in [-0.3, -0.25) is 0 Å². The monoisotopic (exact) mass is 1200 g/mol. The Morgan fingerprint density at radius 3 is 0.747 bits per heavy atom. The van der Waals surface area contributed by atoms with Crippen molar-refractivity contribution in [1.82, 2.24) is 14.7 Å². The van der Waals surface area contributed by atoms with Crippen molar-refractivity contribution in [2.24, 2.45) is 0 Å². The molecule has 3 spiro atoms. The van der Waals surface area contributed by atoms with Crippen LogP contribution in [0.15, 0.2) is 72.8 Å². The van der Waals surface area contributed by atoms with Gasteiger partial charge in [-0.1, -0.05) is 72.8 Å². The third kappa shape index (κ3) is 13.3. The van der Waals surface area contributed by atoms with E-state index < -0.39 is 38.2 Å². The zero-order valence-electron chi connectivity index (χ0n) is 54.3. The van der Waals surface area contributed by atoms with Crippen LogP contribution in [0.1, 0.15) is 216 Å².